The van der Waals surface area contributed by atoms with Gasteiger partial charge in [-0.15, -0.1) is 13.2 Å². The third kappa shape index (κ3) is 2.92. The monoisotopic (exact) mass is 309 g/mol. The average molecular weight is 309 g/mol. The van der Waals surface area contributed by atoms with Crippen molar-refractivity contribution in [2.24, 2.45) is 0 Å². The van der Waals surface area contributed by atoms with Crippen molar-refractivity contribution in [3.63, 3.8) is 0 Å². The van der Waals surface area contributed by atoms with Gasteiger partial charge in [-0.3, -0.25) is 0 Å². The normalized spacial score (nSPS) is 11.6. The third-order valence-corrected chi connectivity index (χ3v) is 2.90. The Morgan fingerprint density at radius 3 is 2.73 bits per heavy atom. The lowest BCUT2D eigenvalue weighted by Crippen LogP contribution is -2.17. The number of nitrogens with zero attached hydrogens (tertiary/aromatic N) is 3. The van der Waals surface area contributed by atoms with E-state index in [9.17, 15) is 13.2 Å². The van der Waals surface area contributed by atoms with E-state index < -0.39 is 6.36 Å². The second-order valence-electron chi connectivity index (χ2n) is 4.47. The van der Waals surface area contributed by atoms with Crippen LogP contribution in [0.5, 0.6) is 5.75 Å². The topological polar surface area (TPSA) is 75.7 Å². The molecule has 1 aromatic carbocycles. The summed E-state index contributed by atoms with van der Waals surface area (Å²) in [6, 6.07) is 4.00. The molecule has 0 unspecified atom stereocenters. The number of benzene rings is 1. The zero-order valence-electron chi connectivity index (χ0n) is 11.3. The number of H-pyrrole nitrogens is 1. The fraction of sp³-hybridized carbons (Fsp3) is 0.154. The Labute approximate surface area is 122 Å². The quantitative estimate of drug-likeness (QED) is 0.776. The molecule has 0 bridgehead atoms. The van der Waals surface area contributed by atoms with Crippen LogP contribution in [0.1, 0.15) is 5.56 Å². The maximum Gasteiger partial charge on any atom is 0.573 e. The largest absolute Gasteiger partial charge is 0.573 e. The molecule has 0 aliphatic rings. The molecular formula is C13H10F3N5O. The minimum absolute atomic E-state index is 0.275. The van der Waals surface area contributed by atoms with E-state index in [2.05, 4.69) is 30.0 Å². The number of ether oxygens (including phenoxy) is 1. The summed E-state index contributed by atoms with van der Waals surface area (Å²) < 4.78 is 40.5. The first-order valence-corrected chi connectivity index (χ1v) is 6.20. The van der Waals surface area contributed by atoms with Gasteiger partial charge in [-0.2, -0.15) is 0 Å². The van der Waals surface area contributed by atoms with Gasteiger partial charge in [0.25, 0.3) is 0 Å². The highest BCUT2D eigenvalue weighted by molar-refractivity contribution is 5.84. The van der Waals surface area contributed by atoms with E-state index in [0.29, 0.717) is 28.2 Å². The fourth-order valence-electron chi connectivity index (χ4n) is 1.96. The molecule has 114 valence electrons. The molecule has 3 rings (SSSR count). The number of nitrogens with one attached hydrogen (secondary N) is 2. The van der Waals surface area contributed by atoms with E-state index in [-0.39, 0.29) is 5.75 Å². The summed E-state index contributed by atoms with van der Waals surface area (Å²) in [4.78, 5) is 15.0. The van der Waals surface area contributed by atoms with Crippen LogP contribution in [0.4, 0.5) is 24.7 Å². The summed E-state index contributed by atoms with van der Waals surface area (Å²) in [5.74, 6) is 0.182. The molecule has 2 aromatic heterocycles. The van der Waals surface area contributed by atoms with Gasteiger partial charge in [0.1, 0.15) is 12.1 Å². The Bertz CT molecular complexity index is 815. The SMILES string of the molecule is Cc1cc(OC(F)(F)F)ccc1Nc1ncnc2[nH]cnc12. The standard InChI is InChI=1S/C13H10F3N5O/c1-7-4-8(22-13(14,15)16)2-3-9(7)21-12-10-11(18-5-17-10)19-6-20-12/h2-6H,1H3,(H2,17,18,19,20,21). The first-order chi connectivity index (χ1) is 10.4. The van der Waals surface area contributed by atoms with Crippen molar-refractivity contribution in [1.82, 2.24) is 19.9 Å². The van der Waals surface area contributed by atoms with Gasteiger partial charge < -0.3 is 15.0 Å². The first-order valence-electron chi connectivity index (χ1n) is 6.20. The van der Waals surface area contributed by atoms with Crippen molar-refractivity contribution in [2.75, 3.05) is 5.32 Å². The van der Waals surface area contributed by atoms with E-state index >= 15 is 0 Å². The number of hydrogen-bond donors (Lipinski definition) is 2. The molecule has 0 aliphatic heterocycles. The molecule has 0 saturated heterocycles. The predicted molar refractivity (Wildman–Crippen MR) is 72.8 cm³/mol. The highest BCUT2D eigenvalue weighted by Gasteiger charge is 2.31. The number of imidazole rings is 1. The highest BCUT2D eigenvalue weighted by Crippen LogP contribution is 2.29. The molecule has 0 saturated carbocycles. The fourth-order valence-corrected chi connectivity index (χ4v) is 1.96. The Morgan fingerprint density at radius 2 is 2.00 bits per heavy atom. The molecule has 0 fully saturated rings. The molecular weight excluding hydrogens is 299 g/mol. The number of aryl methyl sites for hydroxylation is 1. The molecule has 0 aliphatic carbocycles. The van der Waals surface area contributed by atoms with Gasteiger partial charge in [0.2, 0.25) is 0 Å². The van der Waals surface area contributed by atoms with Crippen LogP contribution in [0.15, 0.2) is 30.9 Å². The molecule has 2 heterocycles. The first kappa shape index (κ1) is 14.1. The Balaban J connectivity index is 1.88. The lowest BCUT2D eigenvalue weighted by Gasteiger charge is -2.12. The smallest absolute Gasteiger partial charge is 0.406 e. The molecule has 0 radical (unpaired) electrons. The molecule has 3 aromatic rings. The van der Waals surface area contributed by atoms with Crippen molar-refractivity contribution >= 4 is 22.7 Å². The molecule has 2 N–H and O–H groups in total. The molecule has 0 amide bonds. The Hall–Kier alpha value is -2.84. The van der Waals surface area contributed by atoms with E-state index in [1.165, 1.54) is 30.9 Å². The van der Waals surface area contributed by atoms with Crippen molar-refractivity contribution in [3.8, 4) is 5.75 Å². The summed E-state index contributed by atoms with van der Waals surface area (Å²) in [5.41, 5.74) is 2.27. The Kier molecular flexibility index (Phi) is 3.32. The van der Waals surface area contributed by atoms with Crippen molar-refractivity contribution in [3.05, 3.63) is 36.4 Å². The van der Waals surface area contributed by atoms with Gasteiger partial charge in [-0.25, -0.2) is 15.0 Å². The van der Waals surface area contributed by atoms with Crippen LogP contribution in [0.2, 0.25) is 0 Å². The summed E-state index contributed by atoms with van der Waals surface area (Å²) in [6.45, 7) is 1.66. The molecule has 0 atom stereocenters. The lowest BCUT2D eigenvalue weighted by atomic mass is 10.2. The summed E-state index contributed by atoms with van der Waals surface area (Å²) in [7, 11) is 0. The van der Waals surface area contributed by atoms with Crippen LogP contribution in [-0.2, 0) is 0 Å². The zero-order chi connectivity index (χ0) is 15.7. The van der Waals surface area contributed by atoms with Crippen LogP contribution in [0, 0.1) is 6.92 Å². The number of halogens is 3. The average Bonchev–Trinajstić information content (AvgIpc) is 2.89. The van der Waals surface area contributed by atoms with Crippen LogP contribution in [0.3, 0.4) is 0 Å². The Morgan fingerprint density at radius 1 is 1.18 bits per heavy atom. The van der Waals surface area contributed by atoms with Crippen molar-refractivity contribution in [1.29, 1.82) is 0 Å². The van der Waals surface area contributed by atoms with Crippen LogP contribution in [0.25, 0.3) is 11.2 Å². The van der Waals surface area contributed by atoms with E-state index in [1.807, 2.05) is 0 Å². The van der Waals surface area contributed by atoms with E-state index in [4.69, 9.17) is 0 Å². The van der Waals surface area contributed by atoms with Crippen molar-refractivity contribution < 1.29 is 17.9 Å². The van der Waals surface area contributed by atoms with Gasteiger partial charge >= 0.3 is 6.36 Å². The molecule has 22 heavy (non-hydrogen) atoms. The summed E-state index contributed by atoms with van der Waals surface area (Å²) in [6.07, 6.45) is -1.87. The second kappa shape index (κ2) is 5.17. The van der Waals surface area contributed by atoms with Gasteiger partial charge in [0.15, 0.2) is 17.0 Å². The van der Waals surface area contributed by atoms with Gasteiger partial charge in [-0.1, -0.05) is 0 Å². The van der Waals surface area contributed by atoms with E-state index in [0.717, 1.165) is 0 Å². The highest BCUT2D eigenvalue weighted by atomic mass is 19.4. The summed E-state index contributed by atoms with van der Waals surface area (Å²) >= 11 is 0. The minimum Gasteiger partial charge on any atom is -0.406 e. The minimum atomic E-state index is -4.71. The maximum atomic E-state index is 12.2. The van der Waals surface area contributed by atoms with Crippen LogP contribution >= 0.6 is 0 Å². The zero-order valence-corrected chi connectivity index (χ0v) is 11.3. The molecule has 9 heteroatoms. The van der Waals surface area contributed by atoms with Gasteiger partial charge in [0.05, 0.1) is 6.33 Å². The number of fused-ring (bicyclic) bond motifs is 1. The number of hydrogen-bond acceptors (Lipinski definition) is 5. The molecule has 0 spiro atoms. The number of rotatable bonds is 3. The number of anilines is 2. The van der Waals surface area contributed by atoms with Crippen LogP contribution < -0.4 is 10.1 Å². The van der Waals surface area contributed by atoms with Crippen LogP contribution in [-0.4, -0.2) is 26.3 Å². The number of aromatic nitrogens is 4. The number of aromatic amines is 1. The van der Waals surface area contributed by atoms with Crippen molar-refractivity contribution in [2.45, 2.75) is 13.3 Å². The van der Waals surface area contributed by atoms with E-state index in [1.54, 1.807) is 6.92 Å². The summed E-state index contributed by atoms with van der Waals surface area (Å²) in [5, 5.41) is 3.02. The molecule has 6 nitrogen and oxygen atoms in total. The second-order valence-corrected chi connectivity index (χ2v) is 4.47. The maximum absolute atomic E-state index is 12.2. The predicted octanol–water partition coefficient (Wildman–Crippen LogP) is 3.30. The lowest BCUT2D eigenvalue weighted by molar-refractivity contribution is -0.274. The third-order valence-electron chi connectivity index (χ3n) is 2.90. The van der Waals surface area contributed by atoms with Gasteiger partial charge in [-0.05, 0) is 30.7 Å². The van der Waals surface area contributed by atoms with Gasteiger partial charge in [0, 0.05) is 5.69 Å². The number of alkyl halides is 3.